The normalized spacial score (nSPS) is 12.6. The predicted molar refractivity (Wildman–Crippen MR) is 104 cm³/mol. The molecule has 2 heterocycles. The summed E-state index contributed by atoms with van der Waals surface area (Å²) in [5.41, 5.74) is 4.09. The Morgan fingerprint density at radius 3 is 2.72 bits per heavy atom. The Bertz CT molecular complexity index is 1030. The van der Waals surface area contributed by atoms with E-state index >= 15 is 0 Å². The zero-order valence-electron chi connectivity index (χ0n) is 14.8. The zero-order chi connectivity index (χ0) is 17.2. The van der Waals surface area contributed by atoms with Crippen LogP contribution in [0.25, 0.3) is 21.7 Å². The number of hydrogen-bond acceptors (Lipinski definition) is 1. The van der Waals surface area contributed by atoms with Crippen LogP contribution < -0.4 is 4.57 Å². The Hall–Kier alpha value is -2.74. The van der Waals surface area contributed by atoms with Crippen molar-refractivity contribution in [2.75, 3.05) is 0 Å². The Morgan fingerprint density at radius 2 is 1.84 bits per heavy atom. The van der Waals surface area contributed by atoms with Crippen molar-refractivity contribution in [1.29, 1.82) is 0 Å². The van der Waals surface area contributed by atoms with E-state index < -0.39 is 0 Å². The fraction of sp³-hybridized carbons (Fsp3) is 0.217. The maximum Gasteiger partial charge on any atom is 0.212 e. The highest BCUT2D eigenvalue weighted by Crippen LogP contribution is 2.25. The van der Waals surface area contributed by atoms with Crippen molar-refractivity contribution in [1.82, 2.24) is 4.98 Å². The standard InChI is InChI=1S/C23H23N2/c1-3-18-7-5-11-23-21(18)10-6-14-25(23)16-17(2)20-9-4-8-19-12-13-24-15-22(19)20/h4-15,17H,3,16H2,1-2H3/q+1. The van der Waals surface area contributed by atoms with Crippen LogP contribution in [-0.2, 0) is 13.0 Å². The molecule has 0 N–H and O–H groups in total. The van der Waals surface area contributed by atoms with Gasteiger partial charge in [0.15, 0.2) is 12.7 Å². The Morgan fingerprint density at radius 1 is 0.960 bits per heavy atom. The molecule has 4 rings (SSSR count). The average Bonchev–Trinajstić information content (AvgIpc) is 2.67. The van der Waals surface area contributed by atoms with Crippen LogP contribution in [0.5, 0.6) is 0 Å². The first-order valence-electron chi connectivity index (χ1n) is 9.00. The van der Waals surface area contributed by atoms with Gasteiger partial charge in [-0.1, -0.05) is 44.2 Å². The minimum Gasteiger partial charge on any atom is -0.264 e. The second-order valence-corrected chi connectivity index (χ2v) is 6.71. The summed E-state index contributed by atoms with van der Waals surface area (Å²) >= 11 is 0. The molecule has 0 fully saturated rings. The highest BCUT2D eigenvalue weighted by molar-refractivity contribution is 5.85. The van der Waals surface area contributed by atoms with E-state index in [-0.39, 0.29) is 0 Å². The molecule has 2 aromatic carbocycles. The van der Waals surface area contributed by atoms with Crippen molar-refractivity contribution in [2.45, 2.75) is 32.7 Å². The second kappa shape index (κ2) is 6.64. The molecule has 0 saturated heterocycles. The van der Waals surface area contributed by atoms with Gasteiger partial charge in [0.2, 0.25) is 5.52 Å². The Balaban J connectivity index is 1.76. The maximum absolute atomic E-state index is 4.33. The first-order valence-corrected chi connectivity index (χ1v) is 9.00. The lowest BCUT2D eigenvalue weighted by molar-refractivity contribution is -0.673. The molecule has 0 aliphatic heterocycles. The molecule has 2 nitrogen and oxygen atoms in total. The quantitative estimate of drug-likeness (QED) is 0.480. The summed E-state index contributed by atoms with van der Waals surface area (Å²) in [6, 6.07) is 19.7. The third-order valence-electron chi connectivity index (χ3n) is 5.11. The molecule has 1 unspecified atom stereocenters. The second-order valence-electron chi connectivity index (χ2n) is 6.71. The lowest BCUT2D eigenvalue weighted by atomic mass is 9.95. The summed E-state index contributed by atoms with van der Waals surface area (Å²) in [6.45, 7) is 5.48. The van der Waals surface area contributed by atoms with Crippen LogP contribution in [0.1, 0.15) is 30.9 Å². The molecule has 2 aromatic heterocycles. The molecular formula is C23H23N2+. The van der Waals surface area contributed by atoms with E-state index in [1.54, 1.807) is 0 Å². The van der Waals surface area contributed by atoms with Gasteiger partial charge in [0, 0.05) is 41.2 Å². The van der Waals surface area contributed by atoms with Gasteiger partial charge < -0.3 is 0 Å². The summed E-state index contributed by atoms with van der Waals surface area (Å²) in [7, 11) is 0. The highest BCUT2D eigenvalue weighted by Gasteiger charge is 2.17. The van der Waals surface area contributed by atoms with Gasteiger partial charge in [-0.3, -0.25) is 4.98 Å². The Kier molecular flexibility index (Phi) is 4.19. The van der Waals surface area contributed by atoms with Crippen LogP contribution in [0.3, 0.4) is 0 Å². The lowest BCUT2D eigenvalue weighted by Crippen LogP contribution is -2.36. The van der Waals surface area contributed by atoms with E-state index in [0.29, 0.717) is 5.92 Å². The summed E-state index contributed by atoms with van der Waals surface area (Å²) in [5, 5.41) is 3.88. The van der Waals surface area contributed by atoms with Crippen LogP contribution >= 0.6 is 0 Å². The van der Waals surface area contributed by atoms with Gasteiger partial charge in [-0.05, 0) is 35.1 Å². The summed E-state index contributed by atoms with van der Waals surface area (Å²) in [4.78, 5) is 4.33. The van der Waals surface area contributed by atoms with Crippen molar-refractivity contribution < 1.29 is 4.57 Å². The largest absolute Gasteiger partial charge is 0.264 e. The first-order chi connectivity index (χ1) is 12.3. The smallest absolute Gasteiger partial charge is 0.212 e. The monoisotopic (exact) mass is 327 g/mol. The molecule has 0 spiro atoms. The minimum absolute atomic E-state index is 0.411. The van der Waals surface area contributed by atoms with Crippen LogP contribution in [0, 0.1) is 0 Å². The van der Waals surface area contributed by atoms with Crippen molar-refractivity contribution in [3.8, 4) is 0 Å². The van der Waals surface area contributed by atoms with Crippen molar-refractivity contribution in [3.63, 3.8) is 0 Å². The third-order valence-corrected chi connectivity index (χ3v) is 5.11. The molecule has 0 aliphatic rings. The maximum atomic E-state index is 4.33. The van der Waals surface area contributed by atoms with E-state index in [9.17, 15) is 0 Å². The van der Waals surface area contributed by atoms with Crippen molar-refractivity contribution >= 4 is 21.7 Å². The molecule has 0 radical (unpaired) electrons. The van der Waals surface area contributed by atoms with E-state index in [0.717, 1.165) is 13.0 Å². The van der Waals surface area contributed by atoms with Gasteiger partial charge in [-0.25, -0.2) is 0 Å². The topological polar surface area (TPSA) is 16.8 Å². The summed E-state index contributed by atoms with van der Waals surface area (Å²) in [6.07, 6.45) is 7.11. The molecule has 1 atom stereocenters. The first kappa shape index (κ1) is 15.8. The van der Waals surface area contributed by atoms with Gasteiger partial charge in [-0.15, -0.1) is 0 Å². The lowest BCUT2D eigenvalue weighted by Gasteiger charge is -2.13. The van der Waals surface area contributed by atoms with E-state index in [1.165, 1.54) is 32.8 Å². The molecule has 0 saturated carbocycles. The van der Waals surface area contributed by atoms with Crippen molar-refractivity contribution in [3.05, 3.63) is 84.3 Å². The molecule has 4 aromatic rings. The number of hydrogen-bond donors (Lipinski definition) is 0. The number of pyridine rings is 2. The molecule has 124 valence electrons. The molecule has 25 heavy (non-hydrogen) atoms. The Labute approximate surface area is 148 Å². The number of rotatable bonds is 4. The third kappa shape index (κ3) is 2.89. The summed E-state index contributed by atoms with van der Waals surface area (Å²) < 4.78 is 2.38. The van der Waals surface area contributed by atoms with Gasteiger partial charge in [0.1, 0.15) is 0 Å². The van der Waals surface area contributed by atoms with Crippen LogP contribution in [0.4, 0.5) is 0 Å². The van der Waals surface area contributed by atoms with E-state index in [4.69, 9.17) is 0 Å². The molecular weight excluding hydrogens is 304 g/mol. The summed E-state index contributed by atoms with van der Waals surface area (Å²) in [5.74, 6) is 0.411. The number of aryl methyl sites for hydroxylation is 1. The fourth-order valence-electron chi connectivity index (χ4n) is 3.79. The zero-order valence-corrected chi connectivity index (χ0v) is 14.8. The minimum atomic E-state index is 0.411. The number of nitrogens with zero attached hydrogens (tertiary/aromatic N) is 2. The van der Waals surface area contributed by atoms with Gasteiger partial charge in [0.05, 0.1) is 0 Å². The van der Waals surface area contributed by atoms with Gasteiger partial charge >= 0.3 is 0 Å². The van der Waals surface area contributed by atoms with Crippen LogP contribution in [0.2, 0.25) is 0 Å². The fourth-order valence-corrected chi connectivity index (χ4v) is 3.79. The van der Waals surface area contributed by atoms with Crippen LogP contribution in [-0.4, -0.2) is 4.98 Å². The molecule has 0 bridgehead atoms. The van der Waals surface area contributed by atoms with Crippen LogP contribution in [0.15, 0.2) is 73.2 Å². The number of aromatic nitrogens is 2. The van der Waals surface area contributed by atoms with Crippen molar-refractivity contribution in [2.24, 2.45) is 0 Å². The SMILES string of the molecule is CCc1cccc2c1ccc[n+]2CC(C)c1cccc2ccncc12. The molecule has 0 amide bonds. The number of fused-ring (bicyclic) bond motifs is 2. The highest BCUT2D eigenvalue weighted by atomic mass is 14.9. The number of benzene rings is 2. The van der Waals surface area contributed by atoms with E-state index in [1.807, 2.05) is 12.4 Å². The van der Waals surface area contributed by atoms with Gasteiger partial charge in [-0.2, -0.15) is 4.57 Å². The molecule has 0 aliphatic carbocycles. The van der Waals surface area contributed by atoms with Gasteiger partial charge in [0.25, 0.3) is 0 Å². The predicted octanol–water partition coefficient (Wildman–Crippen LogP) is 5.04. The molecule has 2 heteroatoms. The average molecular weight is 327 g/mol. The van der Waals surface area contributed by atoms with E-state index in [2.05, 4.69) is 84.2 Å².